The number of rotatable bonds is 4. The van der Waals surface area contributed by atoms with Crippen molar-refractivity contribution in [2.75, 3.05) is 0 Å². The van der Waals surface area contributed by atoms with Gasteiger partial charge in [0.25, 0.3) is 0 Å². The van der Waals surface area contributed by atoms with E-state index in [9.17, 15) is 0 Å². The van der Waals surface area contributed by atoms with E-state index in [2.05, 4.69) is 49.3 Å². The van der Waals surface area contributed by atoms with Crippen LogP contribution in [0.1, 0.15) is 41.3 Å². The molecular weight excluding hydrogens is 224 g/mol. The first kappa shape index (κ1) is 12.8. The average molecular weight is 244 g/mol. The Bertz CT molecular complexity index is 531. The lowest BCUT2D eigenvalue weighted by Crippen LogP contribution is -2.19. The first-order chi connectivity index (χ1) is 8.56. The van der Waals surface area contributed by atoms with E-state index in [0.29, 0.717) is 0 Å². The van der Waals surface area contributed by atoms with E-state index in [0.717, 1.165) is 18.2 Å². The molecule has 18 heavy (non-hydrogen) atoms. The summed E-state index contributed by atoms with van der Waals surface area (Å²) in [6.07, 6.45) is 1.76. The van der Waals surface area contributed by atoms with Gasteiger partial charge in [0.2, 0.25) is 5.89 Å². The molecule has 0 spiro atoms. The fourth-order valence-corrected chi connectivity index (χ4v) is 1.91. The fraction of sp³-hybridized carbons (Fsp3) is 0.400. The molecule has 3 heteroatoms. The predicted molar refractivity (Wildman–Crippen MR) is 72.4 cm³/mol. The maximum absolute atomic E-state index is 5.51. The van der Waals surface area contributed by atoms with E-state index in [1.807, 2.05) is 6.92 Å². The van der Waals surface area contributed by atoms with Crippen molar-refractivity contribution < 1.29 is 4.42 Å². The SMILES string of the molecule is Cc1ccc(C)c(CNC(C)c2ncc(C)o2)c1. The summed E-state index contributed by atoms with van der Waals surface area (Å²) in [6, 6.07) is 6.64. The molecule has 0 saturated carbocycles. The largest absolute Gasteiger partial charge is 0.444 e. The number of aryl methyl sites for hydroxylation is 3. The molecule has 1 heterocycles. The van der Waals surface area contributed by atoms with E-state index in [4.69, 9.17) is 4.42 Å². The molecule has 96 valence electrons. The topological polar surface area (TPSA) is 38.1 Å². The highest BCUT2D eigenvalue weighted by atomic mass is 16.4. The molecule has 1 aromatic heterocycles. The van der Waals surface area contributed by atoms with Crippen LogP contribution in [0.15, 0.2) is 28.8 Å². The number of nitrogens with one attached hydrogen (secondary N) is 1. The Morgan fingerprint density at radius 1 is 1.28 bits per heavy atom. The van der Waals surface area contributed by atoms with Crippen LogP contribution in [-0.4, -0.2) is 4.98 Å². The molecule has 0 bridgehead atoms. The number of oxazole rings is 1. The Balaban J connectivity index is 2.01. The monoisotopic (exact) mass is 244 g/mol. The van der Waals surface area contributed by atoms with E-state index in [1.54, 1.807) is 6.20 Å². The molecule has 3 nitrogen and oxygen atoms in total. The van der Waals surface area contributed by atoms with Gasteiger partial charge in [-0.05, 0) is 38.8 Å². The number of nitrogens with zero attached hydrogens (tertiary/aromatic N) is 1. The third kappa shape index (κ3) is 2.99. The smallest absolute Gasteiger partial charge is 0.211 e. The van der Waals surface area contributed by atoms with Crippen LogP contribution >= 0.6 is 0 Å². The zero-order valence-corrected chi connectivity index (χ0v) is 11.4. The van der Waals surface area contributed by atoms with Gasteiger partial charge in [-0.1, -0.05) is 23.8 Å². The van der Waals surface area contributed by atoms with E-state index in [-0.39, 0.29) is 6.04 Å². The summed E-state index contributed by atoms with van der Waals surface area (Å²) in [6.45, 7) is 9.06. The minimum Gasteiger partial charge on any atom is -0.444 e. The Labute approximate surface area is 108 Å². The van der Waals surface area contributed by atoms with Gasteiger partial charge in [-0.2, -0.15) is 0 Å². The quantitative estimate of drug-likeness (QED) is 0.895. The molecule has 1 unspecified atom stereocenters. The van der Waals surface area contributed by atoms with E-state index < -0.39 is 0 Å². The van der Waals surface area contributed by atoms with Crippen LogP contribution in [0.25, 0.3) is 0 Å². The Kier molecular flexibility index (Phi) is 3.82. The standard InChI is InChI=1S/C15H20N2O/c1-10-5-6-11(2)14(7-10)9-16-13(4)15-17-8-12(3)18-15/h5-8,13,16H,9H2,1-4H3. The van der Waals surface area contributed by atoms with E-state index in [1.165, 1.54) is 16.7 Å². The second kappa shape index (κ2) is 5.36. The van der Waals surface area contributed by atoms with Crippen molar-refractivity contribution in [2.24, 2.45) is 0 Å². The zero-order chi connectivity index (χ0) is 13.1. The molecule has 1 atom stereocenters. The van der Waals surface area contributed by atoms with Gasteiger partial charge >= 0.3 is 0 Å². The predicted octanol–water partition coefficient (Wildman–Crippen LogP) is 3.45. The summed E-state index contributed by atoms with van der Waals surface area (Å²) in [5, 5.41) is 3.44. The third-order valence-electron chi connectivity index (χ3n) is 3.11. The van der Waals surface area contributed by atoms with Crippen molar-refractivity contribution in [3.63, 3.8) is 0 Å². The Morgan fingerprint density at radius 3 is 2.72 bits per heavy atom. The molecule has 0 fully saturated rings. The van der Waals surface area contributed by atoms with Gasteiger partial charge in [0.05, 0.1) is 12.2 Å². The molecule has 0 aliphatic carbocycles. The lowest BCUT2D eigenvalue weighted by atomic mass is 10.1. The first-order valence-corrected chi connectivity index (χ1v) is 6.28. The van der Waals surface area contributed by atoms with Crippen LogP contribution in [-0.2, 0) is 6.54 Å². The van der Waals surface area contributed by atoms with Crippen LogP contribution < -0.4 is 5.32 Å². The van der Waals surface area contributed by atoms with Gasteiger partial charge in [-0.25, -0.2) is 4.98 Å². The number of hydrogen-bond acceptors (Lipinski definition) is 3. The highest BCUT2D eigenvalue weighted by Crippen LogP contribution is 2.15. The van der Waals surface area contributed by atoms with Crippen LogP contribution in [0.2, 0.25) is 0 Å². The molecule has 2 aromatic rings. The van der Waals surface area contributed by atoms with Crippen LogP contribution in [0, 0.1) is 20.8 Å². The van der Waals surface area contributed by atoms with Crippen LogP contribution in [0.5, 0.6) is 0 Å². The van der Waals surface area contributed by atoms with Gasteiger partial charge < -0.3 is 9.73 Å². The van der Waals surface area contributed by atoms with Crippen molar-refractivity contribution >= 4 is 0 Å². The number of aromatic nitrogens is 1. The molecule has 0 amide bonds. The minimum absolute atomic E-state index is 0.124. The average Bonchev–Trinajstić information content (AvgIpc) is 2.77. The number of hydrogen-bond donors (Lipinski definition) is 1. The van der Waals surface area contributed by atoms with Crippen LogP contribution in [0.3, 0.4) is 0 Å². The molecule has 0 saturated heterocycles. The Hall–Kier alpha value is -1.61. The summed E-state index contributed by atoms with van der Waals surface area (Å²) in [5.41, 5.74) is 3.92. The summed E-state index contributed by atoms with van der Waals surface area (Å²) in [7, 11) is 0. The maximum atomic E-state index is 5.51. The van der Waals surface area contributed by atoms with Crippen molar-refractivity contribution in [2.45, 2.75) is 40.3 Å². The van der Waals surface area contributed by atoms with Gasteiger partial charge in [0.15, 0.2) is 0 Å². The van der Waals surface area contributed by atoms with Crippen molar-refractivity contribution in [3.05, 3.63) is 52.7 Å². The van der Waals surface area contributed by atoms with Crippen LogP contribution in [0.4, 0.5) is 0 Å². The van der Waals surface area contributed by atoms with Crippen molar-refractivity contribution in [3.8, 4) is 0 Å². The fourth-order valence-electron chi connectivity index (χ4n) is 1.91. The van der Waals surface area contributed by atoms with Gasteiger partial charge in [0.1, 0.15) is 5.76 Å². The molecule has 0 aliphatic heterocycles. The molecule has 0 aliphatic rings. The summed E-state index contributed by atoms with van der Waals surface area (Å²) >= 11 is 0. The molecule has 1 N–H and O–H groups in total. The summed E-state index contributed by atoms with van der Waals surface area (Å²) in [5.74, 6) is 1.60. The highest BCUT2D eigenvalue weighted by Gasteiger charge is 2.11. The second-order valence-electron chi connectivity index (χ2n) is 4.84. The summed E-state index contributed by atoms with van der Waals surface area (Å²) in [4.78, 5) is 4.24. The zero-order valence-electron chi connectivity index (χ0n) is 11.4. The minimum atomic E-state index is 0.124. The van der Waals surface area contributed by atoms with Crippen molar-refractivity contribution in [1.82, 2.24) is 10.3 Å². The third-order valence-corrected chi connectivity index (χ3v) is 3.11. The van der Waals surface area contributed by atoms with Gasteiger partial charge in [-0.15, -0.1) is 0 Å². The highest BCUT2D eigenvalue weighted by molar-refractivity contribution is 5.30. The molecule has 0 radical (unpaired) electrons. The lowest BCUT2D eigenvalue weighted by Gasteiger charge is -2.12. The molecule has 1 aromatic carbocycles. The molecule has 2 rings (SSSR count). The van der Waals surface area contributed by atoms with Crippen molar-refractivity contribution in [1.29, 1.82) is 0 Å². The maximum Gasteiger partial charge on any atom is 0.211 e. The first-order valence-electron chi connectivity index (χ1n) is 6.28. The van der Waals surface area contributed by atoms with E-state index >= 15 is 0 Å². The second-order valence-corrected chi connectivity index (χ2v) is 4.84. The normalized spacial score (nSPS) is 12.7. The van der Waals surface area contributed by atoms with Gasteiger partial charge in [-0.3, -0.25) is 0 Å². The molecular formula is C15H20N2O. The Morgan fingerprint density at radius 2 is 2.06 bits per heavy atom. The number of benzene rings is 1. The lowest BCUT2D eigenvalue weighted by molar-refractivity contribution is 0.402. The summed E-state index contributed by atoms with van der Waals surface area (Å²) < 4.78 is 5.51. The van der Waals surface area contributed by atoms with Gasteiger partial charge in [0, 0.05) is 6.54 Å².